The van der Waals surface area contributed by atoms with Gasteiger partial charge < -0.3 is 9.80 Å². The first-order valence-electron chi connectivity index (χ1n) is 8.59. The van der Waals surface area contributed by atoms with Gasteiger partial charge in [0, 0.05) is 36.4 Å². The van der Waals surface area contributed by atoms with Gasteiger partial charge in [0.15, 0.2) is 0 Å². The Labute approximate surface area is 149 Å². The molecular formula is C16H20N6O2S. The zero-order chi connectivity index (χ0) is 17.2. The summed E-state index contributed by atoms with van der Waals surface area (Å²) in [6.07, 6.45) is 5.95. The van der Waals surface area contributed by atoms with Crippen molar-refractivity contribution < 1.29 is 9.59 Å². The highest BCUT2D eigenvalue weighted by atomic mass is 32.1. The lowest BCUT2D eigenvalue weighted by Gasteiger charge is -2.35. The number of nitrogens with zero attached hydrogens (tertiary/aromatic N) is 6. The molecule has 0 aromatic carbocycles. The highest BCUT2D eigenvalue weighted by Gasteiger charge is 2.28. The molecule has 2 amide bonds. The molecule has 0 radical (unpaired) electrons. The molecule has 25 heavy (non-hydrogen) atoms. The highest BCUT2D eigenvalue weighted by molar-refractivity contribution is 7.10. The van der Waals surface area contributed by atoms with E-state index in [1.165, 1.54) is 34.3 Å². The number of aryl methyl sites for hydroxylation is 1. The van der Waals surface area contributed by atoms with Gasteiger partial charge in [0.2, 0.25) is 5.91 Å². The van der Waals surface area contributed by atoms with Crippen LogP contribution in [-0.4, -0.2) is 68.0 Å². The summed E-state index contributed by atoms with van der Waals surface area (Å²) in [6.45, 7) is 2.40. The number of rotatable bonds is 3. The average molecular weight is 360 g/mol. The standard InChI is InChI=1S/C16H20N6O2S/c23-15(9-22-11-17-18-19-22)20-5-7-21(8-6-20)16(24)13-10-25-14-4-2-1-3-12(13)14/h10-11H,1-9H2. The van der Waals surface area contributed by atoms with E-state index in [0.717, 1.165) is 18.4 Å². The lowest BCUT2D eigenvalue weighted by molar-refractivity contribution is -0.133. The molecule has 1 aliphatic carbocycles. The quantitative estimate of drug-likeness (QED) is 0.800. The van der Waals surface area contributed by atoms with Gasteiger partial charge in [0.1, 0.15) is 12.9 Å². The van der Waals surface area contributed by atoms with Crippen LogP contribution in [0.5, 0.6) is 0 Å². The molecule has 0 saturated carbocycles. The van der Waals surface area contributed by atoms with Gasteiger partial charge in [-0.3, -0.25) is 9.59 Å². The van der Waals surface area contributed by atoms with Gasteiger partial charge in [0.05, 0.1) is 5.56 Å². The number of aromatic nitrogens is 4. The average Bonchev–Trinajstić information content (AvgIpc) is 3.31. The zero-order valence-corrected chi connectivity index (χ0v) is 14.7. The number of fused-ring (bicyclic) bond motifs is 1. The Hall–Kier alpha value is -2.29. The van der Waals surface area contributed by atoms with E-state index in [2.05, 4.69) is 15.5 Å². The maximum absolute atomic E-state index is 12.9. The summed E-state index contributed by atoms with van der Waals surface area (Å²) in [4.78, 5) is 30.2. The minimum Gasteiger partial charge on any atom is -0.338 e. The molecule has 0 unspecified atom stereocenters. The Bertz CT molecular complexity index is 764. The predicted molar refractivity (Wildman–Crippen MR) is 91.3 cm³/mol. The Balaban J connectivity index is 1.36. The minimum absolute atomic E-state index is 0.0210. The third-order valence-corrected chi connectivity index (χ3v) is 5.99. The Morgan fingerprint density at radius 2 is 1.84 bits per heavy atom. The van der Waals surface area contributed by atoms with Crippen molar-refractivity contribution in [3.8, 4) is 0 Å². The van der Waals surface area contributed by atoms with Gasteiger partial charge in [-0.05, 0) is 41.7 Å². The van der Waals surface area contributed by atoms with Crippen LogP contribution in [0, 0.1) is 0 Å². The number of carbonyl (C=O) groups excluding carboxylic acids is 2. The number of amides is 2. The number of piperazine rings is 1. The van der Waals surface area contributed by atoms with Crippen LogP contribution in [0.2, 0.25) is 0 Å². The summed E-state index contributed by atoms with van der Waals surface area (Å²) in [7, 11) is 0. The van der Waals surface area contributed by atoms with Crippen molar-refractivity contribution in [3.05, 3.63) is 27.7 Å². The molecule has 4 rings (SSSR count). The molecule has 0 N–H and O–H groups in total. The molecule has 0 spiro atoms. The fourth-order valence-electron chi connectivity index (χ4n) is 3.49. The predicted octanol–water partition coefficient (Wildman–Crippen LogP) is 0.598. The topological polar surface area (TPSA) is 84.2 Å². The number of hydrogen-bond acceptors (Lipinski definition) is 6. The van der Waals surface area contributed by atoms with Crippen molar-refractivity contribution in [1.29, 1.82) is 0 Å². The fraction of sp³-hybridized carbons (Fsp3) is 0.562. The third kappa shape index (κ3) is 3.28. The number of hydrogen-bond donors (Lipinski definition) is 0. The number of carbonyl (C=O) groups is 2. The van der Waals surface area contributed by atoms with Gasteiger partial charge >= 0.3 is 0 Å². The van der Waals surface area contributed by atoms with Crippen LogP contribution in [0.3, 0.4) is 0 Å². The van der Waals surface area contributed by atoms with Gasteiger partial charge in [-0.15, -0.1) is 16.4 Å². The van der Waals surface area contributed by atoms with Crippen LogP contribution in [0.1, 0.15) is 33.6 Å². The molecule has 3 heterocycles. The lowest BCUT2D eigenvalue weighted by Crippen LogP contribution is -2.51. The normalized spacial score (nSPS) is 17.4. The molecule has 0 atom stereocenters. The fourth-order valence-corrected chi connectivity index (χ4v) is 4.61. The highest BCUT2D eigenvalue weighted by Crippen LogP contribution is 2.31. The van der Waals surface area contributed by atoms with E-state index < -0.39 is 0 Å². The smallest absolute Gasteiger partial charge is 0.255 e. The van der Waals surface area contributed by atoms with E-state index in [1.54, 1.807) is 16.2 Å². The van der Waals surface area contributed by atoms with Gasteiger partial charge in [-0.2, -0.15) is 0 Å². The maximum atomic E-state index is 12.9. The van der Waals surface area contributed by atoms with Crippen LogP contribution < -0.4 is 0 Å². The van der Waals surface area contributed by atoms with E-state index >= 15 is 0 Å². The molecule has 1 saturated heterocycles. The number of tetrazole rings is 1. The van der Waals surface area contributed by atoms with Crippen LogP contribution in [0.4, 0.5) is 0 Å². The van der Waals surface area contributed by atoms with Crippen molar-refractivity contribution >= 4 is 23.2 Å². The van der Waals surface area contributed by atoms with Crippen LogP contribution in [0.25, 0.3) is 0 Å². The van der Waals surface area contributed by atoms with E-state index in [-0.39, 0.29) is 18.4 Å². The Kier molecular flexibility index (Phi) is 4.48. The van der Waals surface area contributed by atoms with Crippen molar-refractivity contribution in [1.82, 2.24) is 30.0 Å². The summed E-state index contributed by atoms with van der Waals surface area (Å²) < 4.78 is 1.41. The second-order valence-electron chi connectivity index (χ2n) is 6.44. The molecule has 2 aromatic heterocycles. The largest absolute Gasteiger partial charge is 0.338 e. The van der Waals surface area contributed by atoms with Gasteiger partial charge in [-0.25, -0.2) is 4.68 Å². The van der Waals surface area contributed by atoms with Crippen LogP contribution >= 0.6 is 11.3 Å². The first-order chi connectivity index (χ1) is 12.2. The summed E-state index contributed by atoms with van der Waals surface area (Å²) in [6, 6.07) is 0. The van der Waals surface area contributed by atoms with E-state index in [1.807, 2.05) is 10.3 Å². The summed E-state index contributed by atoms with van der Waals surface area (Å²) in [5.74, 6) is 0.0966. The minimum atomic E-state index is -0.0210. The molecule has 2 aliphatic rings. The third-order valence-electron chi connectivity index (χ3n) is 4.90. The molecule has 9 heteroatoms. The lowest BCUT2D eigenvalue weighted by atomic mass is 9.95. The van der Waals surface area contributed by atoms with E-state index in [0.29, 0.717) is 26.2 Å². The second-order valence-corrected chi connectivity index (χ2v) is 7.40. The molecule has 132 valence electrons. The van der Waals surface area contributed by atoms with Crippen molar-refractivity contribution in [2.24, 2.45) is 0 Å². The van der Waals surface area contributed by atoms with Crippen LogP contribution in [-0.2, 0) is 24.2 Å². The monoisotopic (exact) mass is 360 g/mol. The molecular weight excluding hydrogens is 340 g/mol. The first-order valence-corrected chi connectivity index (χ1v) is 9.47. The molecule has 0 bridgehead atoms. The second kappa shape index (κ2) is 6.91. The Morgan fingerprint density at radius 3 is 2.60 bits per heavy atom. The molecule has 8 nitrogen and oxygen atoms in total. The summed E-state index contributed by atoms with van der Waals surface area (Å²) in [5, 5.41) is 12.8. The molecule has 1 fully saturated rings. The summed E-state index contributed by atoms with van der Waals surface area (Å²) in [5.41, 5.74) is 2.15. The molecule has 2 aromatic rings. The maximum Gasteiger partial charge on any atom is 0.255 e. The first kappa shape index (κ1) is 16.2. The summed E-state index contributed by atoms with van der Waals surface area (Å²) >= 11 is 1.72. The zero-order valence-electron chi connectivity index (χ0n) is 13.9. The number of thiophene rings is 1. The van der Waals surface area contributed by atoms with Gasteiger partial charge in [-0.1, -0.05) is 0 Å². The Morgan fingerprint density at radius 1 is 1.08 bits per heavy atom. The van der Waals surface area contributed by atoms with Crippen molar-refractivity contribution in [3.63, 3.8) is 0 Å². The van der Waals surface area contributed by atoms with Crippen LogP contribution in [0.15, 0.2) is 11.7 Å². The van der Waals surface area contributed by atoms with Crippen molar-refractivity contribution in [2.75, 3.05) is 26.2 Å². The SMILES string of the molecule is O=C(Cn1cnnn1)N1CCN(C(=O)c2csc3c2CCCC3)CC1. The van der Waals surface area contributed by atoms with E-state index in [4.69, 9.17) is 0 Å². The van der Waals surface area contributed by atoms with Gasteiger partial charge in [0.25, 0.3) is 5.91 Å². The van der Waals surface area contributed by atoms with E-state index in [9.17, 15) is 9.59 Å². The molecule has 1 aliphatic heterocycles. The van der Waals surface area contributed by atoms with Crippen molar-refractivity contribution in [2.45, 2.75) is 32.2 Å².